The minimum atomic E-state index is 0.382. The average Bonchev–Trinajstić information content (AvgIpc) is 3.05. The van der Waals surface area contributed by atoms with Crippen LogP contribution in [0.25, 0.3) is 0 Å². The second-order valence-electron chi connectivity index (χ2n) is 6.56. The van der Waals surface area contributed by atoms with Crippen LogP contribution in [-0.4, -0.2) is 0 Å². The number of hydrogen-bond donors (Lipinski definition) is 0. The predicted octanol–water partition coefficient (Wildman–Crippen LogP) is 4.11. The molecule has 19 heavy (non-hydrogen) atoms. The first-order chi connectivity index (χ1) is 9.40. The van der Waals surface area contributed by atoms with Gasteiger partial charge in [0.1, 0.15) is 0 Å². The highest BCUT2D eigenvalue weighted by Gasteiger charge is 2.59. The van der Waals surface area contributed by atoms with E-state index in [2.05, 4.69) is 48.5 Å². The van der Waals surface area contributed by atoms with E-state index in [1.807, 2.05) is 0 Å². The van der Waals surface area contributed by atoms with Gasteiger partial charge in [-0.05, 0) is 59.8 Å². The molecule has 3 aliphatic rings. The van der Waals surface area contributed by atoms with Crippen molar-refractivity contribution in [1.82, 2.24) is 0 Å². The summed E-state index contributed by atoms with van der Waals surface area (Å²) in [7, 11) is 0. The molecule has 2 atom stereocenters. The molecule has 5 rings (SSSR count). The van der Waals surface area contributed by atoms with Crippen LogP contribution in [0.5, 0.6) is 0 Å². The molecule has 1 fully saturated rings. The van der Waals surface area contributed by atoms with Crippen molar-refractivity contribution in [2.75, 3.05) is 0 Å². The molecule has 0 bridgehead atoms. The molecule has 2 aromatic rings. The molecule has 0 radical (unpaired) electrons. The topological polar surface area (TPSA) is 0 Å². The van der Waals surface area contributed by atoms with Gasteiger partial charge in [-0.15, -0.1) is 0 Å². The van der Waals surface area contributed by atoms with Gasteiger partial charge in [-0.25, -0.2) is 0 Å². The van der Waals surface area contributed by atoms with Crippen molar-refractivity contribution in [3.63, 3.8) is 0 Å². The Morgan fingerprint density at radius 2 is 1.16 bits per heavy atom. The molecule has 0 aliphatic heterocycles. The summed E-state index contributed by atoms with van der Waals surface area (Å²) in [5, 5.41) is 0. The Morgan fingerprint density at radius 3 is 1.68 bits per heavy atom. The third-order valence-electron chi connectivity index (χ3n) is 6.01. The second kappa shape index (κ2) is 3.30. The number of hydrogen-bond acceptors (Lipinski definition) is 0. The Labute approximate surface area is 114 Å². The van der Waals surface area contributed by atoms with E-state index < -0.39 is 0 Å². The highest BCUT2D eigenvalue weighted by atomic mass is 14.6. The van der Waals surface area contributed by atoms with E-state index in [0.717, 1.165) is 11.8 Å². The molecule has 2 aromatic carbocycles. The summed E-state index contributed by atoms with van der Waals surface area (Å²) < 4.78 is 0. The third kappa shape index (κ3) is 1.04. The van der Waals surface area contributed by atoms with E-state index in [4.69, 9.17) is 0 Å². The van der Waals surface area contributed by atoms with Crippen LogP contribution in [0.1, 0.15) is 35.1 Å². The lowest BCUT2D eigenvalue weighted by atomic mass is 9.70. The van der Waals surface area contributed by atoms with E-state index in [0.29, 0.717) is 5.41 Å². The summed E-state index contributed by atoms with van der Waals surface area (Å²) in [6.07, 6.45) is 5.46. The minimum Gasteiger partial charge on any atom is -0.0620 e. The van der Waals surface area contributed by atoms with E-state index in [9.17, 15) is 0 Å². The van der Waals surface area contributed by atoms with Gasteiger partial charge < -0.3 is 0 Å². The molecule has 94 valence electrons. The maximum Gasteiger partial charge on any atom is 0.0270 e. The van der Waals surface area contributed by atoms with Gasteiger partial charge in [-0.2, -0.15) is 0 Å². The minimum absolute atomic E-state index is 0.382. The Balaban J connectivity index is 1.86. The van der Waals surface area contributed by atoms with Gasteiger partial charge in [0.25, 0.3) is 0 Å². The highest BCUT2D eigenvalue weighted by Crippen LogP contribution is 2.64. The van der Waals surface area contributed by atoms with Crippen molar-refractivity contribution in [1.29, 1.82) is 0 Å². The lowest BCUT2D eigenvalue weighted by molar-refractivity contribution is 0.349. The normalized spacial score (nSPS) is 33.7. The quantitative estimate of drug-likeness (QED) is 0.656. The molecule has 0 N–H and O–H groups in total. The summed E-state index contributed by atoms with van der Waals surface area (Å²) in [5.41, 5.74) is 6.94. The van der Waals surface area contributed by atoms with Crippen LogP contribution in [0.2, 0.25) is 0 Å². The summed E-state index contributed by atoms with van der Waals surface area (Å²) in [6.45, 7) is 0. The van der Waals surface area contributed by atoms with Gasteiger partial charge in [0.05, 0.1) is 0 Å². The van der Waals surface area contributed by atoms with Gasteiger partial charge in [0.2, 0.25) is 0 Å². The fraction of sp³-hybridized carbons (Fsp3) is 0.368. The standard InChI is InChI=1S/C19H18/c1-3-7-17-13(5-1)11-15-9-10-16-12-14-6-2-4-8-18(14)19(15,16)17/h1-8,15-16H,9-12H2. The predicted molar refractivity (Wildman–Crippen MR) is 77.3 cm³/mol. The molecule has 3 aliphatic carbocycles. The Kier molecular flexibility index (Phi) is 1.78. The zero-order valence-electron chi connectivity index (χ0n) is 11.1. The second-order valence-corrected chi connectivity index (χ2v) is 6.56. The van der Waals surface area contributed by atoms with Crippen molar-refractivity contribution in [3.8, 4) is 0 Å². The Hall–Kier alpha value is -1.56. The lowest BCUT2D eigenvalue weighted by Gasteiger charge is -2.32. The summed E-state index contributed by atoms with van der Waals surface area (Å²) >= 11 is 0. The molecule has 1 saturated carbocycles. The number of rotatable bonds is 0. The largest absolute Gasteiger partial charge is 0.0620 e. The van der Waals surface area contributed by atoms with Crippen LogP contribution in [0.3, 0.4) is 0 Å². The first-order valence-electron chi connectivity index (χ1n) is 7.57. The molecule has 0 heteroatoms. The zero-order chi connectivity index (χ0) is 12.4. The molecule has 0 heterocycles. The smallest absolute Gasteiger partial charge is 0.0270 e. The number of fused-ring (bicyclic) bond motifs is 2. The van der Waals surface area contributed by atoms with Gasteiger partial charge in [0, 0.05) is 5.41 Å². The SMILES string of the molecule is c1ccc2c(c1)CC1CCC3Cc4ccccc4C213. The van der Waals surface area contributed by atoms with E-state index in [-0.39, 0.29) is 0 Å². The molecule has 1 spiro atoms. The number of benzene rings is 2. The highest BCUT2D eigenvalue weighted by molar-refractivity contribution is 5.57. The molecule has 0 aromatic heterocycles. The van der Waals surface area contributed by atoms with Crippen LogP contribution >= 0.6 is 0 Å². The van der Waals surface area contributed by atoms with Crippen LogP contribution in [0.15, 0.2) is 48.5 Å². The van der Waals surface area contributed by atoms with Crippen LogP contribution < -0.4 is 0 Å². The maximum atomic E-state index is 2.41. The van der Waals surface area contributed by atoms with Crippen LogP contribution in [0, 0.1) is 11.8 Å². The maximum absolute atomic E-state index is 2.41. The average molecular weight is 246 g/mol. The zero-order valence-corrected chi connectivity index (χ0v) is 11.1. The van der Waals surface area contributed by atoms with Crippen molar-refractivity contribution >= 4 is 0 Å². The first kappa shape index (κ1) is 10.3. The monoisotopic (exact) mass is 246 g/mol. The fourth-order valence-electron chi connectivity index (χ4n) is 5.48. The van der Waals surface area contributed by atoms with Gasteiger partial charge in [-0.1, -0.05) is 48.5 Å². The summed E-state index contributed by atoms with van der Waals surface area (Å²) in [6, 6.07) is 18.5. The molecule has 0 saturated heterocycles. The van der Waals surface area contributed by atoms with E-state index >= 15 is 0 Å². The molecule has 0 amide bonds. The fourth-order valence-corrected chi connectivity index (χ4v) is 5.48. The molecule has 2 unspecified atom stereocenters. The van der Waals surface area contributed by atoms with Gasteiger partial charge in [0.15, 0.2) is 0 Å². The van der Waals surface area contributed by atoms with E-state index in [1.54, 1.807) is 22.3 Å². The molecular weight excluding hydrogens is 228 g/mol. The Bertz CT molecular complexity index is 608. The first-order valence-corrected chi connectivity index (χ1v) is 7.57. The van der Waals surface area contributed by atoms with Crippen molar-refractivity contribution < 1.29 is 0 Å². The van der Waals surface area contributed by atoms with Crippen LogP contribution in [-0.2, 0) is 18.3 Å². The van der Waals surface area contributed by atoms with Crippen molar-refractivity contribution in [2.45, 2.75) is 31.1 Å². The van der Waals surface area contributed by atoms with Gasteiger partial charge >= 0.3 is 0 Å². The van der Waals surface area contributed by atoms with Gasteiger partial charge in [-0.3, -0.25) is 0 Å². The Morgan fingerprint density at radius 1 is 0.684 bits per heavy atom. The summed E-state index contributed by atoms with van der Waals surface area (Å²) in [4.78, 5) is 0. The molecule has 0 nitrogen and oxygen atoms in total. The third-order valence-corrected chi connectivity index (χ3v) is 6.01. The van der Waals surface area contributed by atoms with Crippen molar-refractivity contribution in [3.05, 3.63) is 70.8 Å². The van der Waals surface area contributed by atoms with Crippen molar-refractivity contribution in [2.24, 2.45) is 11.8 Å². The lowest BCUT2D eigenvalue weighted by Crippen LogP contribution is -2.31. The van der Waals surface area contributed by atoms with E-state index in [1.165, 1.54) is 25.7 Å². The summed E-state index contributed by atoms with van der Waals surface area (Å²) in [5.74, 6) is 1.72. The molecular formula is C19H18. The van der Waals surface area contributed by atoms with Crippen LogP contribution in [0.4, 0.5) is 0 Å².